The van der Waals surface area contributed by atoms with Crippen LogP contribution in [0.5, 0.6) is 5.75 Å². The van der Waals surface area contributed by atoms with Gasteiger partial charge >= 0.3 is 0 Å². The van der Waals surface area contributed by atoms with E-state index in [0.717, 1.165) is 41.4 Å². The highest BCUT2D eigenvalue weighted by Gasteiger charge is 2.46. The van der Waals surface area contributed by atoms with Gasteiger partial charge in [0.15, 0.2) is 0 Å². The lowest BCUT2D eigenvalue weighted by Gasteiger charge is -2.56. The van der Waals surface area contributed by atoms with E-state index in [1.54, 1.807) is 16.7 Å². The summed E-state index contributed by atoms with van der Waals surface area (Å²) in [5.74, 6) is 1.13. The molecule has 6 rings (SSSR count). The van der Waals surface area contributed by atoms with E-state index in [1.165, 1.54) is 32.1 Å². The summed E-state index contributed by atoms with van der Waals surface area (Å²) in [5.41, 5.74) is 0.00535. The normalized spacial score (nSPS) is 26.9. The number of benzene rings is 1. The number of fused-ring (bicyclic) bond motifs is 1. The molecule has 2 N–H and O–H groups in total. The zero-order valence-electron chi connectivity index (χ0n) is 18.8. The molecule has 0 radical (unpaired) electrons. The molecular weight excluding hydrogens is 470 g/mol. The van der Waals surface area contributed by atoms with Crippen molar-refractivity contribution in [3.63, 3.8) is 0 Å². The van der Waals surface area contributed by atoms with Crippen LogP contribution in [0.3, 0.4) is 0 Å². The summed E-state index contributed by atoms with van der Waals surface area (Å²) in [5, 5.41) is 14.2. The number of rotatable bonds is 6. The molecule has 0 atom stereocenters. The summed E-state index contributed by atoms with van der Waals surface area (Å²) >= 11 is 3.42. The van der Waals surface area contributed by atoms with Crippen molar-refractivity contribution in [2.75, 3.05) is 13.1 Å². The van der Waals surface area contributed by atoms with E-state index in [-0.39, 0.29) is 17.4 Å². The van der Waals surface area contributed by atoms with Gasteiger partial charge in [-0.05, 0) is 82.4 Å². The Morgan fingerprint density at radius 3 is 2.44 bits per heavy atom. The second-order valence-electron chi connectivity index (χ2n) is 10.2. The van der Waals surface area contributed by atoms with Crippen molar-refractivity contribution in [3.8, 4) is 5.75 Å². The maximum absolute atomic E-state index is 13.1. The molecule has 2 aromatic rings. The number of aromatic nitrogens is 1. The van der Waals surface area contributed by atoms with Gasteiger partial charge in [0.25, 0.3) is 11.5 Å². The van der Waals surface area contributed by atoms with Crippen LogP contribution < -0.4 is 10.9 Å². The minimum atomic E-state index is -0.496. The van der Waals surface area contributed by atoms with Gasteiger partial charge in [-0.3, -0.25) is 14.5 Å². The number of hydrogen-bond donors (Lipinski definition) is 2. The van der Waals surface area contributed by atoms with Crippen molar-refractivity contribution in [3.05, 3.63) is 38.6 Å². The summed E-state index contributed by atoms with van der Waals surface area (Å²) in [6.07, 6.45) is 7.66. The SMILES string of the molecule is CC(C)n1c(=O)c(C(=O)NCCCN2C3CC4CC(C3)CC2C4)c(O)c2cc(Br)ccc21. The molecule has 1 aromatic carbocycles. The number of nitrogens with zero attached hydrogens (tertiary/aromatic N) is 2. The number of aromatic hydroxyl groups is 1. The Labute approximate surface area is 197 Å². The van der Waals surface area contributed by atoms with Gasteiger partial charge in [0.05, 0.1) is 5.52 Å². The molecular formula is C25H32BrN3O3. The van der Waals surface area contributed by atoms with Gasteiger partial charge in [-0.15, -0.1) is 0 Å². The average molecular weight is 502 g/mol. The van der Waals surface area contributed by atoms with Crippen LogP contribution in [0.1, 0.15) is 68.8 Å². The Kier molecular flexibility index (Phi) is 5.82. The van der Waals surface area contributed by atoms with Gasteiger partial charge in [0.1, 0.15) is 11.3 Å². The number of nitrogens with one attached hydrogen (secondary N) is 1. The number of piperidine rings is 2. The second kappa shape index (κ2) is 8.49. The summed E-state index contributed by atoms with van der Waals surface area (Å²) < 4.78 is 2.36. The molecule has 4 bridgehead atoms. The van der Waals surface area contributed by atoms with Crippen LogP contribution >= 0.6 is 15.9 Å². The van der Waals surface area contributed by atoms with Crippen molar-refractivity contribution >= 4 is 32.7 Å². The van der Waals surface area contributed by atoms with Gasteiger partial charge in [-0.25, -0.2) is 0 Å². The lowest BCUT2D eigenvalue weighted by Crippen LogP contribution is -2.58. The summed E-state index contributed by atoms with van der Waals surface area (Å²) in [6, 6.07) is 6.69. The Balaban J connectivity index is 1.29. The maximum atomic E-state index is 13.1. The molecule has 2 saturated carbocycles. The molecule has 0 spiro atoms. The van der Waals surface area contributed by atoms with Gasteiger partial charge in [-0.1, -0.05) is 15.9 Å². The fourth-order valence-corrected chi connectivity index (χ4v) is 6.99. The fraction of sp³-hybridized carbons (Fsp3) is 0.600. The molecule has 2 aliphatic carbocycles. The van der Waals surface area contributed by atoms with Crippen molar-refractivity contribution in [2.24, 2.45) is 11.8 Å². The van der Waals surface area contributed by atoms with Crippen LogP contribution in [0.25, 0.3) is 10.9 Å². The number of amides is 1. The molecule has 2 saturated heterocycles. The lowest BCUT2D eigenvalue weighted by molar-refractivity contribution is -0.0587. The Bertz CT molecular complexity index is 1080. The van der Waals surface area contributed by atoms with Gasteiger partial charge in [-0.2, -0.15) is 0 Å². The molecule has 7 heteroatoms. The van der Waals surface area contributed by atoms with Gasteiger partial charge in [0, 0.05) is 41.1 Å². The Morgan fingerprint density at radius 2 is 1.81 bits per heavy atom. The first-order chi connectivity index (χ1) is 15.3. The summed E-state index contributed by atoms with van der Waals surface area (Å²) in [4.78, 5) is 28.8. The van der Waals surface area contributed by atoms with E-state index in [4.69, 9.17) is 0 Å². The quantitative estimate of drug-likeness (QED) is 0.574. The van der Waals surface area contributed by atoms with E-state index < -0.39 is 11.5 Å². The third-order valence-corrected chi connectivity index (χ3v) is 8.28. The monoisotopic (exact) mass is 501 g/mol. The van der Waals surface area contributed by atoms with Crippen molar-refractivity contribution < 1.29 is 9.90 Å². The molecule has 0 unspecified atom stereocenters. The number of pyridine rings is 1. The number of carbonyl (C=O) groups is 1. The summed E-state index contributed by atoms with van der Waals surface area (Å²) in [6.45, 7) is 5.29. The van der Waals surface area contributed by atoms with E-state index >= 15 is 0 Å². The third-order valence-electron chi connectivity index (χ3n) is 7.79. The highest BCUT2D eigenvalue weighted by atomic mass is 79.9. The van der Waals surface area contributed by atoms with E-state index in [2.05, 4.69) is 26.1 Å². The van der Waals surface area contributed by atoms with Crippen molar-refractivity contribution in [2.45, 2.75) is 70.5 Å². The number of carbonyl (C=O) groups excluding carboxylic acids is 1. The molecule has 6 nitrogen and oxygen atoms in total. The second-order valence-corrected chi connectivity index (χ2v) is 11.1. The summed E-state index contributed by atoms with van der Waals surface area (Å²) in [7, 11) is 0. The predicted octanol–water partition coefficient (Wildman–Crippen LogP) is 4.43. The molecule has 4 fully saturated rings. The van der Waals surface area contributed by atoms with Gasteiger partial charge in [0.2, 0.25) is 0 Å². The largest absolute Gasteiger partial charge is 0.506 e. The molecule has 172 valence electrons. The minimum Gasteiger partial charge on any atom is -0.506 e. The fourth-order valence-electron chi connectivity index (χ4n) is 6.63. The van der Waals surface area contributed by atoms with Crippen LogP contribution in [-0.2, 0) is 0 Å². The highest BCUT2D eigenvalue weighted by molar-refractivity contribution is 9.10. The first-order valence-electron chi connectivity index (χ1n) is 11.9. The predicted molar refractivity (Wildman–Crippen MR) is 129 cm³/mol. The van der Waals surface area contributed by atoms with Gasteiger partial charge < -0.3 is 15.0 Å². The van der Waals surface area contributed by atoms with Crippen LogP contribution in [0, 0.1) is 11.8 Å². The van der Waals surface area contributed by atoms with Crippen molar-refractivity contribution in [1.82, 2.24) is 14.8 Å². The molecule has 4 aliphatic rings. The van der Waals surface area contributed by atoms with E-state index in [0.29, 0.717) is 17.4 Å². The topological polar surface area (TPSA) is 74.6 Å². The first-order valence-corrected chi connectivity index (χ1v) is 12.7. The standard InChI is InChI=1S/C25H32BrN3O3/c1-14(2)29-21-5-4-17(26)13-20(21)23(30)22(25(29)32)24(31)27-6-3-7-28-18-9-15-8-16(11-18)12-19(28)10-15/h4-5,13-16,18-19,30H,3,6-12H2,1-2H3,(H,27,31). The zero-order chi connectivity index (χ0) is 22.6. The Morgan fingerprint density at radius 1 is 1.16 bits per heavy atom. The van der Waals surface area contributed by atoms with Crippen molar-refractivity contribution in [1.29, 1.82) is 0 Å². The van der Waals surface area contributed by atoms with Crippen LogP contribution in [-0.4, -0.2) is 45.7 Å². The molecule has 3 heterocycles. The molecule has 1 aromatic heterocycles. The van der Waals surface area contributed by atoms with Crippen LogP contribution in [0.4, 0.5) is 0 Å². The highest BCUT2D eigenvalue weighted by Crippen LogP contribution is 2.49. The zero-order valence-corrected chi connectivity index (χ0v) is 20.4. The molecule has 1 amide bonds. The van der Waals surface area contributed by atoms with E-state index in [1.807, 2.05) is 19.9 Å². The molecule has 32 heavy (non-hydrogen) atoms. The Hall–Kier alpha value is -1.86. The maximum Gasteiger partial charge on any atom is 0.267 e. The molecule has 2 aliphatic heterocycles. The average Bonchev–Trinajstić information content (AvgIpc) is 2.72. The first kappa shape index (κ1) is 22.0. The van der Waals surface area contributed by atoms with Crippen LogP contribution in [0.2, 0.25) is 0 Å². The van der Waals surface area contributed by atoms with E-state index in [9.17, 15) is 14.7 Å². The number of hydrogen-bond acceptors (Lipinski definition) is 4. The minimum absolute atomic E-state index is 0.136. The third kappa shape index (κ3) is 3.77. The lowest BCUT2D eigenvalue weighted by atomic mass is 9.63. The van der Waals surface area contributed by atoms with Crippen LogP contribution in [0.15, 0.2) is 27.5 Å². The smallest absolute Gasteiger partial charge is 0.267 e. The number of halogens is 1.